The number of halogens is 1. The Morgan fingerprint density at radius 2 is 1.64 bits per heavy atom. The van der Waals surface area contributed by atoms with Crippen molar-refractivity contribution in [3.8, 4) is 5.75 Å². The van der Waals surface area contributed by atoms with Crippen LogP contribution in [0.25, 0.3) is 5.76 Å². The number of nitrogens with zero attached hydrogens (tertiary/aromatic N) is 3. The molecule has 10 heteroatoms. The zero-order chi connectivity index (χ0) is 30.6. The number of aromatic nitrogens is 2. The van der Waals surface area contributed by atoms with Crippen molar-refractivity contribution in [2.45, 2.75) is 29.7 Å². The van der Waals surface area contributed by atoms with Crippen LogP contribution in [0.1, 0.15) is 33.9 Å². The van der Waals surface area contributed by atoms with E-state index in [4.69, 9.17) is 16.3 Å². The molecule has 5 aromatic rings. The van der Waals surface area contributed by atoms with Gasteiger partial charge in [0.1, 0.15) is 18.1 Å². The van der Waals surface area contributed by atoms with E-state index >= 15 is 0 Å². The molecule has 1 fully saturated rings. The number of ketones is 1. The van der Waals surface area contributed by atoms with Crippen molar-refractivity contribution >= 4 is 57.3 Å². The number of aliphatic hydroxyl groups is 1. The van der Waals surface area contributed by atoms with Crippen LogP contribution >= 0.6 is 34.7 Å². The van der Waals surface area contributed by atoms with Crippen molar-refractivity contribution in [3.05, 3.63) is 142 Å². The van der Waals surface area contributed by atoms with E-state index in [0.29, 0.717) is 38.6 Å². The average molecular weight is 640 g/mol. The Labute approximate surface area is 267 Å². The minimum Gasteiger partial charge on any atom is -0.507 e. The number of carbonyl (C=O) groups excluding carboxylic acids is 2. The molecule has 220 valence electrons. The summed E-state index contributed by atoms with van der Waals surface area (Å²) >= 11 is 8.95. The maximum Gasteiger partial charge on any atom is 0.301 e. The first kappa shape index (κ1) is 29.6. The summed E-state index contributed by atoms with van der Waals surface area (Å²) in [6.07, 6.45) is 0. The van der Waals surface area contributed by atoms with Gasteiger partial charge >= 0.3 is 5.91 Å². The molecule has 0 aliphatic carbocycles. The lowest BCUT2D eigenvalue weighted by Crippen LogP contribution is -2.29. The number of amides is 1. The number of thioether (sulfide) groups is 1. The SMILES string of the molecule is Cc1ccc(/C(O)=C2/C(=O)C(=O)N(c3nnc(SCc4ccccc4Cl)s3)C2c2ccc(OCc3ccccc3)cc2)cc1. The van der Waals surface area contributed by atoms with Crippen LogP contribution in [-0.2, 0) is 21.9 Å². The summed E-state index contributed by atoms with van der Waals surface area (Å²) in [5, 5.41) is 20.9. The standard InChI is InChI=1S/C34H26ClN3O4S2/c1-21-11-13-24(14-12-21)30(39)28-29(23-15-17-26(18-16-23)42-19-22-7-3-2-4-8-22)38(32(41)31(28)40)33-36-37-34(44-33)43-20-25-9-5-6-10-27(25)35/h2-18,29,39H,19-20H2,1H3/b30-28-. The number of anilines is 1. The van der Waals surface area contributed by atoms with Gasteiger partial charge in [-0.2, -0.15) is 0 Å². The van der Waals surface area contributed by atoms with Gasteiger partial charge in [0, 0.05) is 16.3 Å². The zero-order valence-electron chi connectivity index (χ0n) is 23.5. The Bertz CT molecular complexity index is 1840. The van der Waals surface area contributed by atoms with Crippen LogP contribution in [0.5, 0.6) is 5.75 Å². The molecule has 0 saturated carbocycles. The van der Waals surface area contributed by atoms with Crippen molar-refractivity contribution in [3.63, 3.8) is 0 Å². The molecule has 4 aromatic carbocycles. The van der Waals surface area contributed by atoms with Crippen LogP contribution in [0.2, 0.25) is 5.02 Å². The summed E-state index contributed by atoms with van der Waals surface area (Å²) < 4.78 is 6.57. The topological polar surface area (TPSA) is 92.6 Å². The third-order valence-corrected chi connectivity index (χ3v) is 9.60. The van der Waals surface area contributed by atoms with Crippen molar-refractivity contribution < 1.29 is 19.4 Å². The van der Waals surface area contributed by atoms with Crippen LogP contribution < -0.4 is 9.64 Å². The van der Waals surface area contributed by atoms with Crippen molar-refractivity contribution in [1.29, 1.82) is 0 Å². The van der Waals surface area contributed by atoms with E-state index in [2.05, 4.69) is 10.2 Å². The highest BCUT2D eigenvalue weighted by atomic mass is 35.5. The van der Waals surface area contributed by atoms with E-state index in [1.807, 2.05) is 73.7 Å². The Kier molecular flexibility index (Phi) is 8.79. The van der Waals surface area contributed by atoms with Gasteiger partial charge in [-0.1, -0.05) is 125 Å². The van der Waals surface area contributed by atoms with Gasteiger partial charge in [-0.05, 0) is 41.8 Å². The molecule has 1 saturated heterocycles. The van der Waals surface area contributed by atoms with Crippen LogP contribution in [0.3, 0.4) is 0 Å². The maximum absolute atomic E-state index is 13.6. The second-order valence-electron chi connectivity index (χ2n) is 10.1. The van der Waals surface area contributed by atoms with E-state index in [1.165, 1.54) is 28.0 Å². The molecule has 1 aliphatic heterocycles. The number of rotatable bonds is 9. The van der Waals surface area contributed by atoms with Crippen LogP contribution in [0, 0.1) is 6.92 Å². The molecule has 7 nitrogen and oxygen atoms in total. The van der Waals surface area contributed by atoms with E-state index in [1.54, 1.807) is 36.4 Å². The lowest BCUT2D eigenvalue weighted by Gasteiger charge is -2.22. The molecule has 1 amide bonds. The molecule has 1 atom stereocenters. The molecule has 2 heterocycles. The van der Waals surface area contributed by atoms with E-state index < -0.39 is 17.7 Å². The van der Waals surface area contributed by atoms with Gasteiger partial charge in [-0.3, -0.25) is 14.5 Å². The molecule has 1 aromatic heterocycles. The second-order valence-corrected chi connectivity index (χ2v) is 12.7. The number of hydrogen-bond acceptors (Lipinski definition) is 8. The number of benzene rings is 4. The van der Waals surface area contributed by atoms with E-state index in [-0.39, 0.29) is 16.5 Å². The fraction of sp³-hybridized carbons (Fsp3) is 0.118. The molecule has 1 unspecified atom stereocenters. The second kappa shape index (κ2) is 13.1. The van der Waals surface area contributed by atoms with Gasteiger partial charge in [-0.25, -0.2) is 0 Å². The highest BCUT2D eigenvalue weighted by Crippen LogP contribution is 2.44. The summed E-state index contributed by atoms with van der Waals surface area (Å²) in [4.78, 5) is 28.4. The predicted molar refractivity (Wildman–Crippen MR) is 174 cm³/mol. The first-order valence-corrected chi connectivity index (χ1v) is 15.9. The van der Waals surface area contributed by atoms with Gasteiger partial charge in [0.15, 0.2) is 4.34 Å². The fourth-order valence-electron chi connectivity index (χ4n) is 4.81. The number of aryl methyl sites for hydroxylation is 1. The summed E-state index contributed by atoms with van der Waals surface area (Å²) in [5.41, 5.74) is 4.02. The van der Waals surface area contributed by atoms with Crippen LogP contribution in [0.15, 0.2) is 113 Å². The zero-order valence-corrected chi connectivity index (χ0v) is 25.9. The largest absolute Gasteiger partial charge is 0.507 e. The summed E-state index contributed by atoms with van der Waals surface area (Å²) in [6.45, 7) is 2.33. The smallest absolute Gasteiger partial charge is 0.301 e. The number of Topliss-reactive ketones (excluding diaryl/α,β-unsaturated/α-hetero) is 1. The molecular weight excluding hydrogens is 614 g/mol. The Morgan fingerprint density at radius 1 is 0.932 bits per heavy atom. The van der Waals surface area contributed by atoms with Gasteiger partial charge in [0.25, 0.3) is 5.78 Å². The average Bonchev–Trinajstić information content (AvgIpc) is 3.62. The van der Waals surface area contributed by atoms with Crippen molar-refractivity contribution in [2.75, 3.05) is 4.90 Å². The molecule has 0 radical (unpaired) electrons. The van der Waals surface area contributed by atoms with Crippen molar-refractivity contribution in [2.24, 2.45) is 0 Å². The Balaban J connectivity index is 1.34. The molecule has 0 spiro atoms. The third-order valence-electron chi connectivity index (χ3n) is 7.12. The highest BCUT2D eigenvalue weighted by Gasteiger charge is 2.48. The van der Waals surface area contributed by atoms with Gasteiger partial charge in [-0.15, -0.1) is 10.2 Å². The molecule has 6 rings (SSSR count). The number of aliphatic hydroxyl groups excluding tert-OH is 1. The van der Waals surface area contributed by atoms with Gasteiger partial charge in [0.05, 0.1) is 11.6 Å². The molecular formula is C34H26ClN3O4S2. The molecule has 0 bridgehead atoms. The summed E-state index contributed by atoms with van der Waals surface area (Å²) in [5.74, 6) is -0.640. The quantitative estimate of drug-likeness (QED) is 0.0574. The van der Waals surface area contributed by atoms with Crippen LogP contribution in [0.4, 0.5) is 5.13 Å². The number of carbonyl (C=O) groups is 2. The fourth-order valence-corrected chi connectivity index (χ4v) is 6.97. The lowest BCUT2D eigenvalue weighted by atomic mass is 9.95. The van der Waals surface area contributed by atoms with Gasteiger partial charge < -0.3 is 9.84 Å². The maximum atomic E-state index is 13.6. The van der Waals surface area contributed by atoms with Crippen LogP contribution in [-0.4, -0.2) is 27.0 Å². The molecule has 1 aliphatic rings. The lowest BCUT2D eigenvalue weighted by molar-refractivity contribution is -0.132. The third kappa shape index (κ3) is 6.26. The molecule has 1 N–H and O–H groups in total. The summed E-state index contributed by atoms with van der Waals surface area (Å²) in [6, 6.07) is 30.7. The van der Waals surface area contributed by atoms with Gasteiger partial charge in [0.2, 0.25) is 5.13 Å². The predicted octanol–water partition coefficient (Wildman–Crippen LogP) is 8.00. The first-order valence-electron chi connectivity index (χ1n) is 13.7. The molecule has 44 heavy (non-hydrogen) atoms. The van der Waals surface area contributed by atoms with E-state index in [0.717, 1.165) is 16.7 Å². The minimum absolute atomic E-state index is 0.0164. The monoisotopic (exact) mass is 639 g/mol. The number of hydrogen-bond donors (Lipinski definition) is 1. The summed E-state index contributed by atoms with van der Waals surface area (Å²) in [7, 11) is 0. The number of ether oxygens (including phenoxy) is 1. The first-order chi connectivity index (χ1) is 21.4. The Morgan fingerprint density at radius 3 is 2.36 bits per heavy atom. The minimum atomic E-state index is -0.922. The highest BCUT2D eigenvalue weighted by molar-refractivity contribution is 8.00. The normalized spacial score (nSPS) is 16.0. The van der Waals surface area contributed by atoms with Crippen molar-refractivity contribution in [1.82, 2.24) is 10.2 Å². The van der Waals surface area contributed by atoms with E-state index in [9.17, 15) is 14.7 Å². The Hall–Kier alpha value is -4.44.